The molecule has 0 unspecified atom stereocenters. The molecule has 0 atom stereocenters. The second-order valence-corrected chi connectivity index (χ2v) is 7.99. The van der Waals surface area contributed by atoms with E-state index in [0.29, 0.717) is 5.92 Å². The minimum absolute atomic E-state index is 0. The summed E-state index contributed by atoms with van der Waals surface area (Å²) in [6, 6.07) is 20.0. The summed E-state index contributed by atoms with van der Waals surface area (Å²) in [6.07, 6.45) is 0. The zero-order chi connectivity index (χ0) is 17.4. The quantitative estimate of drug-likeness (QED) is 0.209. The molecule has 0 saturated heterocycles. The number of imidazole rings is 2. The first-order chi connectivity index (χ1) is 12.7. The third-order valence-corrected chi connectivity index (χ3v) is 6.37. The summed E-state index contributed by atoms with van der Waals surface area (Å²) in [5.74, 6) is 1.40. The van der Waals surface area contributed by atoms with Gasteiger partial charge in [-0.05, 0) is 29.6 Å². The van der Waals surface area contributed by atoms with Gasteiger partial charge in [0.05, 0.1) is 22.2 Å². The van der Waals surface area contributed by atoms with E-state index in [9.17, 15) is 0 Å². The van der Waals surface area contributed by atoms with Gasteiger partial charge in [0.25, 0.3) is 0 Å². The second-order valence-electron chi connectivity index (χ2n) is 6.93. The normalized spacial score (nSPS) is 11.3. The summed E-state index contributed by atoms with van der Waals surface area (Å²) >= 11 is 1.81. The van der Waals surface area contributed by atoms with Crippen LogP contribution >= 0.6 is 11.3 Å². The van der Waals surface area contributed by atoms with Crippen molar-refractivity contribution >= 4 is 55.0 Å². The Hall–Kier alpha value is -1.17. The van der Waals surface area contributed by atoms with Gasteiger partial charge in [0, 0.05) is 57.7 Å². The van der Waals surface area contributed by atoms with E-state index in [-0.39, 0.29) is 60.2 Å². The van der Waals surface area contributed by atoms with Crippen LogP contribution in [0.2, 0.25) is 0 Å². The summed E-state index contributed by atoms with van der Waals surface area (Å²) in [5, 5.41) is 1.03. The van der Waals surface area contributed by atoms with E-state index < -0.39 is 0 Å². The minimum Gasteiger partial charge on any atom is -0.358 e. The molecular weight excluding hydrogens is 633 g/mol. The Morgan fingerprint density at radius 2 is 1.72 bits per heavy atom. The standard InChI is InChI=1S/C21H15N4S.CH3.Ir.Y/c1-12(2)18-11-15-20(26-18)25-19(22-15)13-7-3-5-9-16(13)24-17-10-6-4-8-14(17)23-21(24)25;;;/h3-6,8-12H,1-2H3;1H3;;/q2*-1;;. The summed E-state index contributed by atoms with van der Waals surface area (Å²) in [4.78, 5) is 12.4. The van der Waals surface area contributed by atoms with Crippen LogP contribution < -0.4 is 0 Å². The van der Waals surface area contributed by atoms with E-state index in [4.69, 9.17) is 9.97 Å². The Morgan fingerprint density at radius 1 is 0.966 bits per heavy atom. The average molecular weight is 652 g/mol. The molecule has 146 valence electrons. The molecule has 6 rings (SSSR count). The van der Waals surface area contributed by atoms with Crippen LogP contribution in [0.25, 0.3) is 43.7 Å². The Bertz CT molecular complexity index is 1480. The van der Waals surface area contributed by atoms with Crippen LogP contribution in [0.5, 0.6) is 0 Å². The third kappa shape index (κ3) is 3.12. The molecule has 0 N–H and O–H groups in total. The second kappa shape index (κ2) is 8.16. The molecule has 0 saturated carbocycles. The van der Waals surface area contributed by atoms with Crippen LogP contribution in [0, 0.1) is 13.5 Å². The number of thiophene rings is 1. The van der Waals surface area contributed by atoms with Gasteiger partial charge in [-0.3, -0.25) is 9.38 Å². The predicted octanol–water partition coefficient (Wildman–Crippen LogP) is 5.87. The van der Waals surface area contributed by atoms with Crippen molar-refractivity contribution in [2.75, 3.05) is 0 Å². The first kappa shape index (κ1) is 22.5. The predicted molar refractivity (Wildman–Crippen MR) is 114 cm³/mol. The van der Waals surface area contributed by atoms with Gasteiger partial charge < -0.3 is 11.8 Å². The molecule has 0 aliphatic carbocycles. The number of benzene rings is 2. The smallest absolute Gasteiger partial charge is 0.204 e. The van der Waals surface area contributed by atoms with Crippen molar-refractivity contribution in [2.24, 2.45) is 0 Å². The van der Waals surface area contributed by atoms with E-state index >= 15 is 0 Å². The monoisotopic (exact) mass is 652 g/mol. The fourth-order valence-electron chi connectivity index (χ4n) is 3.72. The van der Waals surface area contributed by atoms with Crippen LogP contribution in [0.4, 0.5) is 0 Å². The number of nitrogens with zero attached hydrogens (tertiary/aromatic N) is 4. The Labute approximate surface area is 211 Å². The molecule has 0 bridgehead atoms. The zero-order valence-electron chi connectivity index (χ0n) is 16.3. The molecule has 0 spiro atoms. The molecule has 4 nitrogen and oxygen atoms in total. The number of rotatable bonds is 1. The van der Waals surface area contributed by atoms with E-state index in [1.165, 1.54) is 4.88 Å². The van der Waals surface area contributed by atoms with E-state index in [0.717, 1.165) is 43.7 Å². The van der Waals surface area contributed by atoms with Gasteiger partial charge in [0.2, 0.25) is 5.78 Å². The Kier molecular flexibility index (Phi) is 6.34. The number of fused-ring (bicyclic) bond motifs is 10. The van der Waals surface area contributed by atoms with Crippen LogP contribution in [0.15, 0.2) is 48.5 Å². The van der Waals surface area contributed by atoms with E-state index in [1.54, 1.807) is 0 Å². The number of aromatic nitrogens is 4. The molecule has 0 aliphatic rings. The Balaban J connectivity index is 0.000000801. The van der Waals surface area contributed by atoms with Crippen molar-refractivity contribution in [1.82, 2.24) is 18.8 Å². The van der Waals surface area contributed by atoms with Crippen LogP contribution in [-0.4, -0.2) is 18.8 Å². The number of para-hydroxylation sites is 2. The molecule has 4 aromatic heterocycles. The Morgan fingerprint density at radius 3 is 2.52 bits per heavy atom. The number of hydrogen-bond donors (Lipinski definition) is 0. The average Bonchev–Trinajstić information content (AvgIpc) is 3.31. The van der Waals surface area contributed by atoms with Crippen LogP contribution in [0.3, 0.4) is 0 Å². The summed E-state index contributed by atoms with van der Waals surface area (Å²) in [6.45, 7) is 4.44. The van der Waals surface area contributed by atoms with Crippen molar-refractivity contribution < 1.29 is 52.8 Å². The van der Waals surface area contributed by atoms with E-state index in [2.05, 4.69) is 59.0 Å². The maximum absolute atomic E-state index is 4.96. The summed E-state index contributed by atoms with van der Waals surface area (Å²) < 4.78 is 4.43. The fraction of sp³-hybridized carbons (Fsp3) is 0.136. The van der Waals surface area contributed by atoms with Gasteiger partial charge in [-0.1, -0.05) is 31.4 Å². The maximum atomic E-state index is 4.96. The molecule has 2 radical (unpaired) electrons. The first-order valence-corrected chi connectivity index (χ1v) is 9.55. The van der Waals surface area contributed by atoms with Crippen molar-refractivity contribution in [3.63, 3.8) is 0 Å². The SMILES string of the molecule is CC(C)c1cc2nc3c4[c-]cccc4n4c5ccccc5nc4n3c2s1.[CH3-].[Ir].[Y]. The van der Waals surface area contributed by atoms with Crippen molar-refractivity contribution in [1.29, 1.82) is 0 Å². The van der Waals surface area contributed by atoms with Crippen molar-refractivity contribution in [3.8, 4) is 0 Å². The topological polar surface area (TPSA) is 34.6 Å². The maximum Gasteiger partial charge on any atom is 0.204 e. The van der Waals surface area contributed by atoms with Crippen molar-refractivity contribution in [3.05, 3.63) is 66.9 Å². The molecule has 2 aromatic carbocycles. The first-order valence-electron chi connectivity index (χ1n) is 8.74. The molecule has 4 heterocycles. The molecule has 7 heteroatoms. The molecule has 29 heavy (non-hydrogen) atoms. The van der Waals surface area contributed by atoms with Crippen molar-refractivity contribution in [2.45, 2.75) is 19.8 Å². The number of hydrogen-bond acceptors (Lipinski definition) is 3. The van der Waals surface area contributed by atoms with Gasteiger partial charge in [0.1, 0.15) is 4.83 Å². The molecule has 6 aromatic rings. The molecule has 0 aliphatic heterocycles. The van der Waals surface area contributed by atoms with E-state index in [1.807, 2.05) is 29.5 Å². The van der Waals surface area contributed by atoms with Gasteiger partial charge in [-0.2, -0.15) is 0 Å². The third-order valence-electron chi connectivity index (χ3n) is 4.96. The fourth-order valence-corrected chi connectivity index (χ4v) is 4.82. The van der Waals surface area contributed by atoms with Gasteiger partial charge in [-0.25, -0.2) is 4.98 Å². The summed E-state index contributed by atoms with van der Waals surface area (Å²) in [5.41, 5.74) is 5.16. The van der Waals surface area contributed by atoms with Crippen LogP contribution in [-0.2, 0) is 52.8 Å². The van der Waals surface area contributed by atoms with Crippen LogP contribution in [0.1, 0.15) is 24.6 Å². The molecular formula is C22H18IrN4SY-2. The van der Waals surface area contributed by atoms with Gasteiger partial charge in [-0.15, -0.1) is 35.6 Å². The molecule has 0 fully saturated rings. The summed E-state index contributed by atoms with van der Waals surface area (Å²) in [7, 11) is 0. The largest absolute Gasteiger partial charge is 0.358 e. The molecule has 0 amide bonds. The van der Waals surface area contributed by atoms with Gasteiger partial charge >= 0.3 is 0 Å². The zero-order valence-corrected chi connectivity index (χ0v) is 22.4. The van der Waals surface area contributed by atoms with Gasteiger partial charge in [0.15, 0.2) is 0 Å². The minimum atomic E-state index is 0.